The van der Waals surface area contributed by atoms with Gasteiger partial charge in [0, 0.05) is 44.5 Å². The Morgan fingerprint density at radius 2 is 1.67 bits per heavy atom. The summed E-state index contributed by atoms with van der Waals surface area (Å²) in [6.07, 6.45) is 2.64. The summed E-state index contributed by atoms with van der Waals surface area (Å²) in [5.41, 5.74) is 4.18. The average Bonchev–Trinajstić information content (AvgIpc) is 3.30. The third kappa shape index (κ3) is 3.80. The Labute approximate surface area is 204 Å². The first-order valence-corrected chi connectivity index (χ1v) is 12.2. The molecule has 3 heterocycles. The molecule has 0 N–H and O–H groups in total. The molecule has 0 saturated carbocycles. The van der Waals surface area contributed by atoms with E-state index < -0.39 is 5.72 Å². The molecule has 4 nitrogen and oxygen atoms in total. The third-order valence-corrected chi connectivity index (χ3v) is 7.78. The molecular weight excluding hydrogens is 453 g/mol. The highest BCUT2D eigenvalue weighted by atomic mass is 35.5. The molecule has 3 aromatic carbocycles. The zero-order valence-electron chi connectivity index (χ0n) is 18.3. The van der Waals surface area contributed by atoms with Crippen LogP contribution in [0.15, 0.2) is 77.9 Å². The quantitative estimate of drug-likeness (QED) is 0.429. The van der Waals surface area contributed by atoms with Crippen LogP contribution in [0.4, 0.5) is 0 Å². The molecule has 0 bridgehead atoms. The van der Waals surface area contributed by atoms with E-state index in [-0.39, 0.29) is 6.04 Å². The number of hydrogen-bond acceptors (Lipinski definition) is 4. The van der Waals surface area contributed by atoms with E-state index in [1.807, 2.05) is 18.2 Å². The van der Waals surface area contributed by atoms with Crippen molar-refractivity contribution in [1.82, 2.24) is 9.91 Å². The topological polar surface area (TPSA) is 28.1 Å². The van der Waals surface area contributed by atoms with E-state index in [1.165, 1.54) is 11.1 Å². The zero-order valence-corrected chi connectivity index (χ0v) is 19.8. The molecule has 3 aliphatic heterocycles. The average molecular weight is 478 g/mol. The smallest absolute Gasteiger partial charge is 0.200 e. The Hall–Kier alpha value is -2.53. The molecule has 0 radical (unpaired) electrons. The predicted molar refractivity (Wildman–Crippen MR) is 133 cm³/mol. The summed E-state index contributed by atoms with van der Waals surface area (Å²) in [6, 6.07) is 25.0. The van der Waals surface area contributed by atoms with Crippen molar-refractivity contribution in [3.8, 4) is 5.75 Å². The number of hydrogen-bond donors (Lipinski definition) is 0. The van der Waals surface area contributed by atoms with Gasteiger partial charge in [-0.25, -0.2) is 5.01 Å². The standard InChI is InChI=1S/C27H25Cl2N3O/c28-22-11-10-20(16-23(22)29)24-17-25-21-8-4-5-9-26(21)33-27(32(25)30-24)12-14-31(15-13-27)18-19-6-2-1-3-7-19/h1-11,16,25H,12-15,17-18H2/t25-/m1/s1. The van der Waals surface area contributed by atoms with Gasteiger partial charge < -0.3 is 4.74 Å². The van der Waals surface area contributed by atoms with E-state index in [1.54, 1.807) is 0 Å². The molecule has 1 atom stereocenters. The number of ether oxygens (including phenoxy) is 1. The van der Waals surface area contributed by atoms with E-state index in [4.69, 9.17) is 33.0 Å². The van der Waals surface area contributed by atoms with Gasteiger partial charge in [0.15, 0.2) is 0 Å². The van der Waals surface area contributed by atoms with Gasteiger partial charge in [-0.15, -0.1) is 0 Å². The lowest BCUT2D eigenvalue weighted by Crippen LogP contribution is -2.59. The third-order valence-electron chi connectivity index (χ3n) is 7.05. The summed E-state index contributed by atoms with van der Waals surface area (Å²) in [5, 5.41) is 8.50. The minimum Gasteiger partial charge on any atom is -0.466 e. The van der Waals surface area contributed by atoms with Crippen LogP contribution in [0.2, 0.25) is 10.0 Å². The SMILES string of the molecule is Clc1ccc(C2=NN3[C@H](C2)c2ccccc2OC32CCN(Cc3ccccc3)CC2)cc1Cl. The number of hydrazone groups is 1. The second-order valence-electron chi connectivity index (χ2n) is 9.09. The Bertz CT molecular complexity index is 1200. The highest BCUT2D eigenvalue weighted by Crippen LogP contribution is 2.50. The van der Waals surface area contributed by atoms with Crippen LogP contribution in [-0.4, -0.2) is 34.4 Å². The predicted octanol–water partition coefficient (Wildman–Crippen LogP) is 6.53. The van der Waals surface area contributed by atoms with Gasteiger partial charge in [-0.1, -0.05) is 77.8 Å². The maximum Gasteiger partial charge on any atom is 0.200 e. The minimum absolute atomic E-state index is 0.167. The van der Waals surface area contributed by atoms with Crippen LogP contribution in [0.1, 0.15) is 42.0 Å². The van der Waals surface area contributed by atoms with Gasteiger partial charge in [0.2, 0.25) is 5.72 Å². The first-order valence-electron chi connectivity index (χ1n) is 11.5. The number of nitrogens with zero attached hydrogens (tertiary/aromatic N) is 3. The number of para-hydroxylation sites is 1. The van der Waals surface area contributed by atoms with Gasteiger partial charge in [-0.05, 0) is 29.3 Å². The van der Waals surface area contributed by atoms with Crippen LogP contribution in [-0.2, 0) is 6.54 Å². The van der Waals surface area contributed by atoms with Gasteiger partial charge >= 0.3 is 0 Å². The molecule has 0 unspecified atom stereocenters. The number of halogens is 2. The molecular formula is C27H25Cl2N3O. The van der Waals surface area contributed by atoms with Crippen LogP contribution in [0.25, 0.3) is 0 Å². The van der Waals surface area contributed by atoms with E-state index in [2.05, 4.69) is 64.5 Å². The van der Waals surface area contributed by atoms with Crippen molar-refractivity contribution >= 4 is 28.9 Å². The normalized spacial score (nSPS) is 21.3. The molecule has 1 fully saturated rings. The lowest BCUT2D eigenvalue weighted by molar-refractivity contribution is -0.150. The van der Waals surface area contributed by atoms with Crippen molar-refractivity contribution in [2.75, 3.05) is 13.1 Å². The number of rotatable bonds is 3. The lowest BCUT2D eigenvalue weighted by Gasteiger charge is -2.51. The summed E-state index contributed by atoms with van der Waals surface area (Å²) >= 11 is 12.5. The van der Waals surface area contributed by atoms with Gasteiger partial charge in [-0.3, -0.25) is 4.90 Å². The molecule has 0 aromatic heterocycles. The van der Waals surface area contributed by atoms with Crippen LogP contribution < -0.4 is 4.74 Å². The highest BCUT2D eigenvalue weighted by Gasteiger charge is 2.51. The Kier molecular flexibility index (Phi) is 5.33. The molecule has 1 spiro atoms. The van der Waals surface area contributed by atoms with E-state index in [9.17, 15) is 0 Å². The lowest BCUT2D eigenvalue weighted by atomic mass is 9.90. The van der Waals surface area contributed by atoms with Crippen LogP contribution in [0.3, 0.4) is 0 Å². The van der Waals surface area contributed by atoms with Crippen molar-refractivity contribution in [2.45, 2.75) is 37.6 Å². The fraction of sp³-hybridized carbons (Fsp3) is 0.296. The molecule has 6 heteroatoms. The van der Waals surface area contributed by atoms with Crippen molar-refractivity contribution in [1.29, 1.82) is 0 Å². The second kappa shape index (κ2) is 8.35. The summed E-state index contributed by atoms with van der Waals surface area (Å²) in [4.78, 5) is 2.51. The Morgan fingerprint density at radius 3 is 2.45 bits per heavy atom. The monoisotopic (exact) mass is 477 g/mol. The summed E-state index contributed by atoms with van der Waals surface area (Å²) < 4.78 is 6.74. The molecule has 6 rings (SSSR count). The van der Waals surface area contributed by atoms with Crippen molar-refractivity contribution < 1.29 is 4.74 Å². The van der Waals surface area contributed by atoms with Gasteiger partial charge in [0.1, 0.15) is 5.75 Å². The zero-order chi connectivity index (χ0) is 22.4. The molecule has 0 amide bonds. The van der Waals surface area contributed by atoms with Crippen LogP contribution >= 0.6 is 23.2 Å². The number of benzene rings is 3. The number of piperidine rings is 1. The van der Waals surface area contributed by atoms with Gasteiger partial charge in [-0.2, -0.15) is 5.10 Å². The van der Waals surface area contributed by atoms with Crippen molar-refractivity contribution in [3.63, 3.8) is 0 Å². The van der Waals surface area contributed by atoms with E-state index >= 15 is 0 Å². The molecule has 0 aliphatic carbocycles. The Balaban J connectivity index is 1.30. The molecule has 168 valence electrons. The molecule has 33 heavy (non-hydrogen) atoms. The second-order valence-corrected chi connectivity index (χ2v) is 9.90. The maximum atomic E-state index is 6.74. The molecule has 3 aliphatic rings. The summed E-state index contributed by atoms with van der Waals surface area (Å²) in [6.45, 7) is 2.91. The highest BCUT2D eigenvalue weighted by molar-refractivity contribution is 6.42. The fourth-order valence-electron chi connectivity index (χ4n) is 5.31. The van der Waals surface area contributed by atoms with E-state index in [0.29, 0.717) is 10.0 Å². The largest absolute Gasteiger partial charge is 0.466 e. The van der Waals surface area contributed by atoms with Gasteiger partial charge in [0.05, 0.1) is 21.8 Å². The fourth-order valence-corrected chi connectivity index (χ4v) is 5.61. The minimum atomic E-state index is -0.426. The van der Waals surface area contributed by atoms with Crippen LogP contribution in [0.5, 0.6) is 5.75 Å². The molecule has 3 aromatic rings. The number of likely N-dealkylation sites (tertiary alicyclic amines) is 1. The Morgan fingerprint density at radius 1 is 0.909 bits per heavy atom. The number of fused-ring (bicyclic) bond motifs is 4. The summed E-state index contributed by atoms with van der Waals surface area (Å²) in [7, 11) is 0. The van der Waals surface area contributed by atoms with Crippen molar-refractivity contribution in [3.05, 3.63) is 99.5 Å². The summed E-state index contributed by atoms with van der Waals surface area (Å²) in [5.74, 6) is 0.987. The van der Waals surface area contributed by atoms with Gasteiger partial charge in [0.25, 0.3) is 0 Å². The first-order chi connectivity index (χ1) is 16.1. The van der Waals surface area contributed by atoms with E-state index in [0.717, 1.165) is 55.9 Å². The maximum absolute atomic E-state index is 6.74. The first kappa shape index (κ1) is 21.0. The molecule has 1 saturated heterocycles. The van der Waals surface area contributed by atoms with Crippen LogP contribution in [0, 0.1) is 0 Å². The van der Waals surface area contributed by atoms with Crippen molar-refractivity contribution in [2.24, 2.45) is 5.10 Å².